The number of unbranched alkanes of at least 4 members (excludes halogenated alkanes) is 30. The van der Waals surface area contributed by atoms with Crippen molar-refractivity contribution in [2.24, 2.45) is 0 Å². The minimum Gasteiger partial charge on any atom is -0.412 e. The molecule has 0 heterocycles. The molecule has 0 rings (SSSR count). The zero-order chi connectivity index (χ0) is 48.3. The molecule has 0 spiro atoms. The van der Waals surface area contributed by atoms with Gasteiger partial charge in [0.1, 0.15) is 0 Å². The first-order valence-electron chi connectivity index (χ1n) is 29.1. The average molecular weight is 880 g/mol. The minimum absolute atomic E-state index is 0. The Balaban J connectivity index is -0.0000000505. The molecule has 0 saturated heterocycles. The Kier molecular flexibility index (Phi) is 188. The zero-order valence-corrected chi connectivity index (χ0v) is 48.8. The van der Waals surface area contributed by atoms with Gasteiger partial charge in [0.15, 0.2) is 0 Å². The number of hydrogen-bond acceptors (Lipinski definition) is 0. The topological polar surface area (TPSA) is 31.5 Å². The van der Waals surface area contributed by atoms with Crippen molar-refractivity contribution in [3.63, 3.8) is 0 Å². The summed E-state index contributed by atoms with van der Waals surface area (Å²) in [5.41, 5.74) is 0. The summed E-state index contributed by atoms with van der Waals surface area (Å²) in [6, 6.07) is 0. The number of hydrogen-bond donors (Lipinski definition) is 0. The van der Waals surface area contributed by atoms with Crippen LogP contribution < -0.4 is 0 Å². The molecule has 0 radical (unpaired) electrons. The molecule has 0 unspecified atom stereocenters. The van der Waals surface area contributed by atoms with Crippen LogP contribution in [0.4, 0.5) is 0 Å². The van der Waals surface area contributed by atoms with Crippen LogP contribution in [-0.4, -0.2) is 5.48 Å². The van der Waals surface area contributed by atoms with Crippen molar-refractivity contribution in [3.8, 4) is 0 Å². The van der Waals surface area contributed by atoms with Gasteiger partial charge in [-0.1, -0.05) is 395 Å². The van der Waals surface area contributed by atoms with Gasteiger partial charge in [-0.2, -0.15) is 0 Å². The van der Waals surface area contributed by atoms with Gasteiger partial charge in [-0.15, -0.1) is 0 Å². The maximum atomic E-state index is 2.23. The van der Waals surface area contributed by atoms with E-state index >= 15 is 0 Å². The first-order valence-corrected chi connectivity index (χ1v) is 29.1. The van der Waals surface area contributed by atoms with E-state index < -0.39 is 0 Å². The van der Waals surface area contributed by atoms with Crippen molar-refractivity contribution in [2.45, 2.75) is 395 Å². The van der Waals surface area contributed by atoms with E-state index in [1.807, 2.05) is 0 Å². The van der Waals surface area contributed by atoms with Gasteiger partial charge in [0.05, 0.1) is 0 Å². The summed E-state index contributed by atoms with van der Waals surface area (Å²) < 4.78 is 0. The predicted octanol–water partition coefficient (Wildman–Crippen LogP) is 25.0. The molecule has 0 saturated carbocycles. The smallest absolute Gasteiger partial charge is 0.0536 e. The van der Waals surface area contributed by atoms with Crippen LogP contribution in [0.2, 0.25) is 0 Å². The lowest BCUT2D eigenvalue weighted by molar-refractivity contribution is 0.702. The molecule has 388 valence electrons. The molecule has 1 heteroatoms. The van der Waals surface area contributed by atoms with Gasteiger partial charge in [-0.3, -0.25) is 0 Å². The molecule has 0 aromatic rings. The van der Waals surface area contributed by atoms with Crippen LogP contribution in [0, 0.1) is 0 Å². The van der Waals surface area contributed by atoms with Crippen molar-refractivity contribution in [1.29, 1.82) is 0 Å². The third-order valence-electron chi connectivity index (χ3n) is 9.57. The lowest BCUT2D eigenvalue weighted by atomic mass is 10.2. The molecular formula is C60H142O. The molecule has 61 heavy (non-hydrogen) atoms. The fourth-order valence-corrected chi connectivity index (χ4v) is 5.00. The third kappa shape index (κ3) is 224. The Morgan fingerprint density at radius 2 is 0.131 bits per heavy atom. The molecule has 0 aliphatic carbocycles. The minimum atomic E-state index is 0. The molecule has 0 fully saturated rings. The van der Waals surface area contributed by atoms with Crippen LogP contribution in [0.25, 0.3) is 0 Å². The Labute approximate surface area is 399 Å². The molecule has 0 bridgehead atoms. The van der Waals surface area contributed by atoms with E-state index in [4.69, 9.17) is 0 Å². The van der Waals surface area contributed by atoms with E-state index in [0.29, 0.717) is 0 Å². The zero-order valence-electron chi connectivity index (χ0n) is 48.8. The van der Waals surface area contributed by atoms with Gasteiger partial charge < -0.3 is 5.48 Å². The van der Waals surface area contributed by atoms with Gasteiger partial charge in [0, 0.05) is 0 Å². The van der Waals surface area contributed by atoms with E-state index in [1.54, 1.807) is 0 Å². The molecule has 0 aromatic heterocycles. The summed E-state index contributed by atoms with van der Waals surface area (Å²) in [7, 11) is 0. The van der Waals surface area contributed by atoms with Crippen LogP contribution in [0.5, 0.6) is 0 Å². The van der Waals surface area contributed by atoms with Gasteiger partial charge in [-0.25, -0.2) is 0 Å². The van der Waals surface area contributed by atoms with E-state index in [2.05, 4.69) is 138 Å². The molecule has 2 N–H and O–H groups in total. The summed E-state index contributed by atoms with van der Waals surface area (Å²) in [6.07, 6.45) is 55.4. The van der Waals surface area contributed by atoms with Gasteiger partial charge in [-0.05, 0) is 0 Å². The first kappa shape index (κ1) is 87.8. The average Bonchev–Trinajstić information content (AvgIpc) is 3.28. The normalized spacial score (nSPS) is 8.85. The Hall–Kier alpha value is -0.0400. The molecule has 0 aliphatic heterocycles. The molecule has 1 nitrogen and oxygen atoms in total. The lowest BCUT2D eigenvalue weighted by Gasteiger charge is -1.86. The fourth-order valence-electron chi connectivity index (χ4n) is 5.00. The van der Waals surface area contributed by atoms with Crippen molar-refractivity contribution in [2.75, 3.05) is 0 Å². The van der Waals surface area contributed by atoms with E-state index in [9.17, 15) is 0 Å². The van der Waals surface area contributed by atoms with Crippen molar-refractivity contribution in [1.82, 2.24) is 0 Å². The van der Waals surface area contributed by atoms with Crippen LogP contribution in [-0.2, 0) is 0 Å². The standard InChI is InChI=1S/10C6H14.H2O/c10*1-3-5-6-4-2;/h10*3-6H2,1-2H3;1H2. The molecular weight excluding hydrogens is 737 g/mol. The summed E-state index contributed by atoms with van der Waals surface area (Å²) in [4.78, 5) is 0. The molecule has 0 amide bonds. The van der Waals surface area contributed by atoms with Crippen molar-refractivity contribution >= 4 is 0 Å². The Morgan fingerprint density at radius 3 is 0.148 bits per heavy atom. The first-order chi connectivity index (χ1) is 29.1. The highest BCUT2D eigenvalue weighted by atomic mass is 16.0. The van der Waals surface area contributed by atoms with Crippen molar-refractivity contribution < 1.29 is 5.48 Å². The second-order valence-corrected chi connectivity index (χ2v) is 17.1. The summed E-state index contributed by atoms with van der Waals surface area (Å²) in [5, 5.41) is 0. The molecule has 0 aliphatic rings. The lowest BCUT2D eigenvalue weighted by Crippen LogP contribution is -1.66. The Bertz CT molecular complexity index is 260. The highest BCUT2D eigenvalue weighted by Gasteiger charge is 1.80. The fraction of sp³-hybridized carbons (Fsp3) is 1.00. The monoisotopic (exact) mass is 879 g/mol. The maximum absolute atomic E-state index is 2.23. The van der Waals surface area contributed by atoms with E-state index in [1.165, 1.54) is 257 Å². The molecule has 0 aromatic carbocycles. The third-order valence-corrected chi connectivity index (χ3v) is 9.57. The second-order valence-electron chi connectivity index (χ2n) is 17.1. The highest BCUT2D eigenvalue weighted by Crippen LogP contribution is 2.00. The van der Waals surface area contributed by atoms with E-state index in [-0.39, 0.29) is 5.48 Å². The van der Waals surface area contributed by atoms with Gasteiger partial charge in [0.25, 0.3) is 0 Å². The summed E-state index contributed by atoms with van der Waals surface area (Å²) in [5.74, 6) is 0. The highest BCUT2D eigenvalue weighted by molar-refractivity contribution is 4.36. The second kappa shape index (κ2) is 131. The van der Waals surface area contributed by atoms with Gasteiger partial charge >= 0.3 is 0 Å². The van der Waals surface area contributed by atoms with E-state index in [0.717, 1.165) is 0 Å². The summed E-state index contributed by atoms with van der Waals surface area (Å²) in [6.45, 7) is 44.6. The Morgan fingerprint density at radius 1 is 0.0984 bits per heavy atom. The predicted molar refractivity (Wildman–Crippen MR) is 302 cm³/mol. The van der Waals surface area contributed by atoms with Crippen molar-refractivity contribution in [3.05, 3.63) is 0 Å². The van der Waals surface area contributed by atoms with Crippen LogP contribution in [0.3, 0.4) is 0 Å². The summed E-state index contributed by atoms with van der Waals surface area (Å²) >= 11 is 0. The number of rotatable bonds is 30. The largest absolute Gasteiger partial charge is 0.412 e. The SMILES string of the molecule is CCCCCC.CCCCCC.CCCCCC.CCCCCC.CCCCCC.CCCCCC.CCCCCC.CCCCCC.CCCCCC.CCCCCC.O. The molecule has 0 atom stereocenters. The van der Waals surface area contributed by atoms with Gasteiger partial charge in [0.2, 0.25) is 0 Å². The van der Waals surface area contributed by atoms with Crippen LogP contribution in [0.1, 0.15) is 395 Å². The van der Waals surface area contributed by atoms with Crippen LogP contribution in [0.15, 0.2) is 0 Å². The quantitative estimate of drug-likeness (QED) is 0.0644. The maximum Gasteiger partial charge on any atom is -0.0536 e. The van der Waals surface area contributed by atoms with Crippen LogP contribution >= 0.6 is 0 Å².